The van der Waals surface area contributed by atoms with Crippen molar-refractivity contribution in [2.45, 2.75) is 19.3 Å². The third-order valence-electron chi connectivity index (χ3n) is 5.61. The van der Waals surface area contributed by atoms with Gasteiger partial charge >= 0.3 is 0 Å². The number of carbonyl (C=O) groups excluding carboxylic acids is 1. The van der Waals surface area contributed by atoms with Crippen molar-refractivity contribution in [3.8, 4) is 11.4 Å². The minimum Gasteiger partial charge on any atom is -0.491 e. The Kier molecular flexibility index (Phi) is 6.54. The number of piperidine rings is 1. The molecule has 0 spiro atoms. The average molecular weight is 407 g/mol. The molecule has 0 N–H and O–H groups in total. The molecule has 0 amide bonds. The van der Waals surface area contributed by atoms with Gasteiger partial charge in [0.25, 0.3) is 0 Å². The minimum atomic E-state index is -0.309. The van der Waals surface area contributed by atoms with Crippen molar-refractivity contribution in [2.75, 3.05) is 26.2 Å². The maximum Gasteiger partial charge on any atom is 0.166 e. The fraction of sp³-hybridized carbons (Fsp3) is 0.333. The molecule has 0 bridgehead atoms. The number of likely N-dealkylation sites (tertiary alicyclic amines) is 1. The van der Waals surface area contributed by atoms with Crippen molar-refractivity contribution in [1.29, 1.82) is 0 Å². The summed E-state index contributed by atoms with van der Waals surface area (Å²) in [4.78, 5) is 19.1. The summed E-state index contributed by atoms with van der Waals surface area (Å²) in [5.74, 6) is 0.703. The first-order chi connectivity index (χ1) is 14.7. The van der Waals surface area contributed by atoms with Gasteiger partial charge in [-0.1, -0.05) is 12.1 Å². The van der Waals surface area contributed by atoms with Gasteiger partial charge in [0.1, 0.15) is 11.6 Å². The second-order valence-corrected chi connectivity index (χ2v) is 7.63. The maximum absolute atomic E-state index is 13.1. The van der Waals surface area contributed by atoms with Gasteiger partial charge in [-0.3, -0.25) is 4.79 Å². The van der Waals surface area contributed by atoms with Gasteiger partial charge in [0, 0.05) is 30.4 Å². The summed E-state index contributed by atoms with van der Waals surface area (Å²) in [6.07, 6.45) is 8.04. The Balaban J connectivity index is 1.21. The Labute approximate surface area is 176 Å². The highest BCUT2D eigenvalue weighted by atomic mass is 19.1. The lowest BCUT2D eigenvalue weighted by Crippen LogP contribution is -2.37. The van der Waals surface area contributed by atoms with Crippen LogP contribution in [0.1, 0.15) is 29.6 Å². The Bertz CT molecular complexity index is 949. The van der Waals surface area contributed by atoms with Crippen LogP contribution in [0, 0.1) is 11.7 Å². The summed E-state index contributed by atoms with van der Waals surface area (Å²) in [6, 6.07) is 13.8. The number of halogens is 1. The molecule has 1 aliphatic heterocycles. The second kappa shape index (κ2) is 9.67. The lowest BCUT2D eigenvalue weighted by molar-refractivity contribution is 0.0835. The first-order valence-corrected chi connectivity index (χ1v) is 10.4. The van der Waals surface area contributed by atoms with E-state index in [1.807, 2.05) is 35.0 Å². The third kappa shape index (κ3) is 4.94. The van der Waals surface area contributed by atoms with E-state index in [0.717, 1.165) is 50.3 Å². The van der Waals surface area contributed by atoms with Crippen LogP contribution in [0.2, 0.25) is 0 Å². The topological polar surface area (TPSA) is 47.4 Å². The van der Waals surface area contributed by atoms with Gasteiger partial charge in [-0.25, -0.2) is 9.37 Å². The van der Waals surface area contributed by atoms with Gasteiger partial charge in [0.2, 0.25) is 0 Å². The molecule has 5 nitrogen and oxygen atoms in total. The molecule has 2 aromatic carbocycles. The number of hydrogen-bond acceptors (Lipinski definition) is 4. The molecule has 0 atom stereocenters. The van der Waals surface area contributed by atoms with E-state index in [0.29, 0.717) is 12.2 Å². The highest BCUT2D eigenvalue weighted by Crippen LogP contribution is 2.24. The van der Waals surface area contributed by atoms with Crippen LogP contribution in [-0.4, -0.2) is 46.5 Å². The van der Waals surface area contributed by atoms with Gasteiger partial charge < -0.3 is 14.2 Å². The van der Waals surface area contributed by atoms with Crippen molar-refractivity contribution in [3.63, 3.8) is 0 Å². The minimum absolute atomic E-state index is 0.0324. The summed E-state index contributed by atoms with van der Waals surface area (Å²) >= 11 is 0. The Morgan fingerprint density at radius 1 is 1.10 bits per heavy atom. The van der Waals surface area contributed by atoms with Crippen molar-refractivity contribution >= 4 is 5.78 Å². The lowest BCUT2D eigenvalue weighted by atomic mass is 9.89. The highest BCUT2D eigenvalue weighted by Gasteiger charge is 2.25. The van der Waals surface area contributed by atoms with Crippen LogP contribution in [0.5, 0.6) is 5.75 Å². The molecule has 0 saturated carbocycles. The normalized spacial score (nSPS) is 15.2. The molecule has 6 heteroatoms. The summed E-state index contributed by atoms with van der Waals surface area (Å²) in [6.45, 7) is 3.40. The van der Waals surface area contributed by atoms with Gasteiger partial charge in [-0.05, 0) is 68.8 Å². The molecule has 156 valence electrons. The van der Waals surface area contributed by atoms with E-state index in [9.17, 15) is 9.18 Å². The quantitative estimate of drug-likeness (QED) is 0.411. The van der Waals surface area contributed by atoms with Gasteiger partial charge in [0.15, 0.2) is 5.78 Å². The van der Waals surface area contributed by atoms with E-state index in [2.05, 4.69) is 9.88 Å². The molecule has 0 radical (unpaired) electrons. The predicted octanol–water partition coefficient (Wildman–Crippen LogP) is 4.38. The molecule has 1 saturated heterocycles. The summed E-state index contributed by atoms with van der Waals surface area (Å²) in [5.41, 5.74) is 1.59. The largest absolute Gasteiger partial charge is 0.491 e. The van der Waals surface area contributed by atoms with Crippen LogP contribution >= 0.6 is 0 Å². The molecular weight excluding hydrogens is 381 g/mol. The molecule has 1 fully saturated rings. The molecule has 0 unspecified atom stereocenters. The summed E-state index contributed by atoms with van der Waals surface area (Å²) in [7, 11) is 0. The second-order valence-electron chi connectivity index (χ2n) is 7.63. The molecule has 1 aromatic heterocycles. The van der Waals surface area contributed by atoms with Gasteiger partial charge in [-0.15, -0.1) is 0 Å². The number of Topliss-reactive ketones (excluding diaryl/α,β-unsaturated/α-hetero) is 1. The van der Waals surface area contributed by atoms with Crippen LogP contribution in [0.3, 0.4) is 0 Å². The fourth-order valence-electron chi connectivity index (χ4n) is 3.93. The molecule has 2 heterocycles. The van der Waals surface area contributed by atoms with Crippen LogP contribution in [0.25, 0.3) is 5.69 Å². The lowest BCUT2D eigenvalue weighted by Gasteiger charge is -2.31. The smallest absolute Gasteiger partial charge is 0.166 e. The zero-order chi connectivity index (χ0) is 20.8. The number of benzene rings is 2. The Morgan fingerprint density at radius 3 is 2.60 bits per heavy atom. The Hall–Kier alpha value is -2.99. The molecule has 3 aromatic rings. The first-order valence-electron chi connectivity index (χ1n) is 10.4. The van der Waals surface area contributed by atoms with E-state index in [-0.39, 0.29) is 17.5 Å². The van der Waals surface area contributed by atoms with Gasteiger partial charge in [0.05, 0.1) is 18.6 Å². The van der Waals surface area contributed by atoms with Crippen molar-refractivity contribution in [1.82, 2.24) is 14.5 Å². The standard InChI is InChI=1S/C24H26FN3O2/c25-21-8-6-19(7-9-21)24(29)20-10-14-27(15-11-20)13-3-17-30-23-5-2-1-4-22(23)28-16-12-26-18-28/h1-2,4-9,12,16,18,20H,3,10-11,13-15,17H2. The average Bonchev–Trinajstić information content (AvgIpc) is 3.32. The molecule has 4 rings (SSSR count). The van der Waals surface area contributed by atoms with E-state index in [1.165, 1.54) is 12.1 Å². The van der Waals surface area contributed by atoms with Crippen LogP contribution in [0.15, 0.2) is 67.3 Å². The SMILES string of the molecule is O=C(c1ccc(F)cc1)C1CCN(CCCOc2ccccc2-n2ccnc2)CC1. The van der Waals surface area contributed by atoms with Crippen LogP contribution < -0.4 is 4.74 Å². The number of aromatic nitrogens is 2. The highest BCUT2D eigenvalue weighted by molar-refractivity contribution is 5.97. The molecule has 30 heavy (non-hydrogen) atoms. The summed E-state index contributed by atoms with van der Waals surface area (Å²) < 4.78 is 21.0. The van der Waals surface area contributed by atoms with Gasteiger partial charge in [-0.2, -0.15) is 0 Å². The number of carbonyl (C=O) groups is 1. The number of hydrogen-bond donors (Lipinski definition) is 0. The number of rotatable bonds is 8. The van der Waals surface area contributed by atoms with Crippen molar-refractivity contribution in [2.24, 2.45) is 5.92 Å². The van der Waals surface area contributed by atoms with Crippen molar-refractivity contribution < 1.29 is 13.9 Å². The molecule has 1 aliphatic rings. The van der Waals surface area contributed by atoms with E-state index >= 15 is 0 Å². The predicted molar refractivity (Wildman–Crippen MR) is 114 cm³/mol. The number of para-hydroxylation sites is 2. The first kappa shape index (κ1) is 20.3. The number of imidazole rings is 1. The zero-order valence-corrected chi connectivity index (χ0v) is 16.9. The maximum atomic E-state index is 13.1. The van der Waals surface area contributed by atoms with Crippen LogP contribution in [-0.2, 0) is 0 Å². The number of nitrogens with zero attached hydrogens (tertiary/aromatic N) is 3. The monoisotopic (exact) mass is 407 g/mol. The molecule has 0 aliphatic carbocycles. The summed E-state index contributed by atoms with van der Waals surface area (Å²) in [5, 5.41) is 0. The molecular formula is C24H26FN3O2. The van der Waals surface area contributed by atoms with E-state index in [1.54, 1.807) is 24.7 Å². The van der Waals surface area contributed by atoms with Crippen molar-refractivity contribution in [3.05, 3.63) is 78.6 Å². The zero-order valence-electron chi connectivity index (χ0n) is 16.9. The number of ether oxygens (including phenoxy) is 1. The van der Waals surface area contributed by atoms with E-state index < -0.39 is 0 Å². The van der Waals surface area contributed by atoms with Crippen LogP contribution in [0.4, 0.5) is 4.39 Å². The fourth-order valence-corrected chi connectivity index (χ4v) is 3.93. The van der Waals surface area contributed by atoms with E-state index in [4.69, 9.17) is 4.74 Å². The third-order valence-corrected chi connectivity index (χ3v) is 5.61. The Morgan fingerprint density at radius 2 is 1.87 bits per heavy atom. The number of ketones is 1.